The molecule has 1 heterocycles. The lowest BCUT2D eigenvalue weighted by Crippen LogP contribution is -2.01. The predicted molar refractivity (Wildman–Crippen MR) is 91.0 cm³/mol. The smallest absolute Gasteiger partial charge is 0.153 e. The van der Waals surface area contributed by atoms with Crippen molar-refractivity contribution in [2.24, 2.45) is 0 Å². The van der Waals surface area contributed by atoms with Crippen molar-refractivity contribution in [1.29, 1.82) is 0 Å². The third-order valence-electron chi connectivity index (χ3n) is 3.71. The predicted octanol–water partition coefficient (Wildman–Crippen LogP) is 5.65. The highest BCUT2D eigenvalue weighted by molar-refractivity contribution is 6.42. The van der Waals surface area contributed by atoms with Gasteiger partial charge in [0.25, 0.3) is 0 Å². The van der Waals surface area contributed by atoms with Crippen molar-refractivity contribution in [1.82, 2.24) is 10.2 Å². The summed E-state index contributed by atoms with van der Waals surface area (Å²) in [5, 5.41) is 8.41. The fourth-order valence-corrected chi connectivity index (χ4v) is 3.05. The van der Waals surface area contributed by atoms with Gasteiger partial charge in [0, 0.05) is 17.2 Å². The summed E-state index contributed by atoms with van der Waals surface area (Å²) in [5.74, 6) is 0.954. The number of hydrogen-bond donors (Lipinski definition) is 2. The van der Waals surface area contributed by atoms with E-state index in [0.29, 0.717) is 21.8 Å². The maximum absolute atomic E-state index is 6.13. The summed E-state index contributed by atoms with van der Waals surface area (Å²) in [6.45, 7) is 4.39. The first-order valence-corrected chi connectivity index (χ1v) is 8.13. The average Bonchev–Trinajstić information content (AvgIpc) is 2.83. The van der Waals surface area contributed by atoms with Gasteiger partial charge in [-0.1, -0.05) is 56.0 Å². The fraction of sp³-hybridized carbons (Fsp3) is 0.438. The number of hydrogen-bond acceptors (Lipinski definition) is 2. The van der Waals surface area contributed by atoms with Crippen LogP contribution in [0.2, 0.25) is 10.0 Å². The molecule has 0 radical (unpaired) electrons. The molecular formula is C16H21Cl2N3. The van der Waals surface area contributed by atoms with Gasteiger partial charge < -0.3 is 5.73 Å². The van der Waals surface area contributed by atoms with Crippen LogP contribution in [-0.2, 0) is 0 Å². The number of nitrogens with two attached hydrogens (primary N) is 1. The fourth-order valence-electron chi connectivity index (χ4n) is 2.75. The minimum atomic E-state index is 0.439. The number of aromatic amines is 1. The molecule has 0 aliphatic carbocycles. The molecule has 2 rings (SSSR count). The second-order valence-corrected chi connectivity index (χ2v) is 6.12. The number of benzene rings is 1. The van der Waals surface area contributed by atoms with Gasteiger partial charge in [-0.3, -0.25) is 5.10 Å². The molecule has 0 atom stereocenters. The van der Waals surface area contributed by atoms with Crippen LogP contribution in [0.4, 0.5) is 5.82 Å². The van der Waals surface area contributed by atoms with Gasteiger partial charge in [0.15, 0.2) is 5.82 Å². The summed E-state index contributed by atoms with van der Waals surface area (Å²) in [7, 11) is 0. The van der Waals surface area contributed by atoms with Crippen LogP contribution in [0, 0.1) is 0 Å². The number of rotatable bonds is 6. The van der Waals surface area contributed by atoms with Crippen LogP contribution in [0.15, 0.2) is 18.2 Å². The van der Waals surface area contributed by atoms with Gasteiger partial charge in [-0.2, -0.15) is 5.10 Å². The lowest BCUT2D eigenvalue weighted by Gasteiger charge is -2.16. The zero-order valence-corrected chi connectivity index (χ0v) is 13.9. The summed E-state index contributed by atoms with van der Waals surface area (Å²) >= 11 is 12.1. The van der Waals surface area contributed by atoms with E-state index >= 15 is 0 Å². The number of H-pyrrole nitrogens is 1. The number of anilines is 1. The minimum absolute atomic E-state index is 0.439. The molecule has 1 aromatic carbocycles. The summed E-state index contributed by atoms with van der Waals surface area (Å²) in [6, 6.07) is 5.58. The molecule has 0 unspecified atom stereocenters. The Morgan fingerprint density at radius 3 is 2.38 bits per heavy atom. The van der Waals surface area contributed by atoms with Crippen molar-refractivity contribution in [3.05, 3.63) is 33.9 Å². The van der Waals surface area contributed by atoms with Crippen LogP contribution >= 0.6 is 23.2 Å². The molecule has 5 heteroatoms. The number of nitrogen functional groups attached to an aromatic ring is 1. The van der Waals surface area contributed by atoms with Gasteiger partial charge in [0.1, 0.15) is 0 Å². The standard InChI is InChI=1S/C16H21Cl2N3/c1-3-5-10(6-4-2)15-14(16(19)21-20-15)11-7-8-12(17)13(18)9-11/h7-10H,3-6H2,1-2H3,(H3,19,20,21). The molecule has 3 nitrogen and oxygen atoms in total. The van der Waals surface area contributed by atoms with E-state index in [1.165, 1.54) is 0 Å². The first-order valence-electron chi connectivity index (χ1n) is 7.37. The number of aromatic nitrogens is 2. The van der Waals surface area contributed by atoms with Gasteiger partial charge in [0.05, 0.1) is 10.0 Å². The van der Waals surface area contributed by atoms with Crippen LogP contribution in [0.1, 0.15) is 51.1 Å². The molecule has 0 bridgehead atoms. The van der Waals surface area contributed by atoms with Crippen molar-refractivity contribution in [2.75, 3.05) is 5.73 Å². The number of nitrogens with zero attached hydrogens (tertiary/aromatic N) is 1. The third kappa shape index (κ3) is 3.53. The average molecular weight is 326 g/mol. The molecule has 0 fully saturated rings. The van der Waals surface area contributed by atoms with Crippen LogP contribution in [0.3, 0.4) is 0 Å². The first-order chi connectivity index (χ1) is 10.1. The molecule has 0 aliphatic heterocycles. The van der Waals surface area contributed by atoms with E-state index in [-0.39, 0.29) is 0 Å². The summed E-state index contributed by atoms with van der Waals surface area (Å²) in [4.78, 5) is 0. The van der Waals surface area contributed by atoms with Crippen molar-refractivity contribution in [3.63, 3.8) is 0 Å². The quantitative estimate of drug-likeness (QED) is 0.720. The lowest BCUT2D eigenvalue weighted by molar-refractivity contribution is 0.548. The van der Waals surface area contributed by atoms with Crippen LogP contribution in [0.25, 0.3) is 11.1 Å². The van der Waals surface area contributed by atoms with Crippen molar-refractivity contribution in [2.45, 2.75) is 45.4 Å². The topological polar surface area (TPSA) is 54.7 Å². The molecular weight excluding hydrogens is 305 g/mol. The maximum Gasteiger partial charge on any atom is 0.153 e. The van der Waals surface area contributed by atoms with Gasteiger partial charge in [-0.05, 0) is 30.5 Å². The molecule has 0 aliphatic rings. The summed E-state index contributed by atoms with van der Waals surface area (Å²) in [5.41, 5.74) is 9.10. The van der Waals surface area contributed by atoms with Gasteiger partial charge in [-0.25, -0.2) is 0 Å². The highest BCUT2D eigenvalue weighted by Gasteiger charge is 2.20. The second-order valence-electron chi connectivity index (χ2n) is 5.30. The van der Waals surface area contributed by atoms with Crippen molar-refractivity contribution < 1.29 is 0 Å². The molecule has 1 aromatic heterocycles. The van der Waals surface area contributed by atoms with Gasteiger partial charge in [0.2, 0.25) is 0 Å². The van der Waals surface area contributed by atoms with E-state index in [0.717, 1.165) is 42.5 Å². The monoisotopic (exact) mass is 325 g/mol. The summed E-state index contributed by atoms with van der Waals surface area (Å²) in [6.07, 6.45) is 4.49. The van der Waals surface area contributed by atoms with E-state index < -0.39 is 0 Å². The summed E-state index contributed by atoms with van der Waals surface area (Å²) < 4.78 is 0. The molecule has 0 saturated carbocycles. The van der Waals surface area contributed by atoms with Crippen molar-refractivity contribution >= 4 is 29.0 Å². The number of halogens is 2. The van der Waals surface area contributed by atoms with Crippen molar-refractivity contribution in [3.8, 4) is 11.1 Å². The zero-order chi connectivity index (χ0) is 15.4. The van der Waals surface area contributed by atoms with Crippen LogP contribution in [0.5, 0.6) is 0 Å². The van der Waals surface area contributed by atoms with E-state index in [9.17, 15) is 0 Å². The van der Waals surface area contributed by atoms with Crippen LogP contribution < -0.4 is 5.73 Å². The third-order valence-corrected chi connectivity index (χ3v) is 4.45. The Balaban J connectivity index is 2.47. The molecule has 0 amide bonds. The lowest BCUT2D eigenvalue weighted by atomic mass is 9.90. The molecule has 3 N–H and O–H groups in total. The van der Waals surface area contributed by atoms with Crippen LogP contribution in [-0.4, -0.2) is 10.2 Å². The Kier molecular flexibility index (Phi) is 5.54. The number of nitrogens with one attached hydrogen (secondary N) is 1. The maximum atomic E-state index is 6.13. The highest BCUT2D eigenvalue weighted by atomic mass is 35.5. The van der Waals surface area contributed by atoms with Gasteiger partial charge >= 0.3 is 0 Å². The molecule has 0 saturated heterocycles. The Morgan fingerprint density at radius 1 is 1.14 bits per heavy atom. The largest absolute Gasteiger partial charge is 0.382 e. The Labute approximate surface area is 135 Å². The SMILES string of the molecule is CCCC(CCC)c1[nH]nc(N)c1-c1ccc(Cl)c(Cl)c1. The highest BCUT2D eigenvalue weighted by Crippen LogP contribution is 2.38. The Morgan fingerprint density at radius 2 is 1.81 bits per heavy atom. The van der Waals surface area contributed by atoms with E-state index in [4.69, 9.17) is 28.9 Å². The van der Waals surface area contributed by atoms with Gasteiger partial charge in [-0.15, -0.1) is 0 Å². The minimum Gasteiger partial charge on any atom is -0.382 e. The molecule has 0 spiro atoms. The van der Waals surface area contributed by atoms with E-state index in [2.05, 4.69) is 24.0 Å². The normalized spacial score (nSPS) is 11.3. The second kappa shape index (κ2) is 7.19. The Hall–Kier alpha value is -1.19. The van der Waals surface area contributed by atoms with E-state index in [1.807, 2.05) is 12.1 Å². The zero-order valence-electron chi connectivity index (χ0n) is 12.4. The Bertz CT molecular complexity index is 602. The molecule has 114 valence electrons. The molecule has 21 heavy (non-hydrogen) atoms. The van der Waals surface area contributed by atoms with E-state index in [1.54, 1.807) is 6.07 Å². The first kappa shape index (κ1) is 16.2. The molecule has 2 aromatic rings.